The van der Waals surface area contributed by atoms with Crippen molar-refractivity contribution in [1.82, 2.24) is 0 Å². The van der Waals surface area contributed by atoms with E-state index in [1.807, 2.05) is 6.08 Å². The molecule has 5 aliphatic rings. The summed E-state index contributed by atoms with van der Waals surface area (Å²) in [5.74, 6) is 3.39. The number of ether oxygens (including phenoxy) is 1. The van der Waals surface area contributed by atoms with Gasteiger partial charge in [-0.2, -0.15) is 0 Å². The van der Waals surface area contributed by atoms with Gasteiger partial charge >= 0.3 is 0 Å². The van der Waals surface area contributed by atoms with Gasteiger partial charge in [0.25, 0.3) is 0 Å². The second kappa shape index (κ2) is 6.91. The van der Waals surface area contributed by atoms with Crippen LogP contribution in [-0.2, 0) is 9.53 Å². The van der Waals surface area contributed by atoms with Gasteiger partial charge in [-0.15, -0.1) is 0 Å². The zero-order chi connectivity index (χ0) is 21.5. The van der Waals surface area contributed by atoms with Gasteiger partial charge in [0.05, 0.1) is 17.8 Å². The van der Waals surface area contributed by atoms with E-state index in [1.54, 1.807) is 0 Å². The highest BCUT2D eigenvalue weighted by atomic mass is 16.6. The molecule has 9 atom stereocenters. The summed E-state index contributed by atoms with van der Waals surface area (Å²) in [5.41, 5.74) is 1.86. The molecule has 30 heavy (non-hydrogen) atoms. The molecule has 168 valence electrons. The minimum Gasteiger partial charge on any atom is -0.392 e. The molecule has 3 nitrogen and oxygen atoms in total. The minimum absolute atomic E-state index is 0.105. The van der Waals surface area contributed by atoms with Gasteiger partial charge < -0.3 is 9.84 Å². The van der Waals surface area contributed by atoms with Gasteiger partial charge in [-0.3, -0.25) is 4.79 Å². The molecule has 6 unspecified atom stereocenters. The second-order valence-corrected chi connectivity index (χ2v) is 12.6. The van der Waals surface area contributed by atoms with Gasteiger partial charge in [0.15, 0.2) is 5.78 Å². The molecule has 3 saturated carbocycles. The Kier molecular flexibility index (Phi) is 4.88. The maximum Gasteiger partial charge on any atom is 0.155 e. The van der Waals surface area contributed by atoms with Crippen molar-refractivity contribution in [3.05, 3.63) is 11.6 Å². The van der Waals surface area contributed by atoms with E-state index in [-0.39, 0.29) is 22.9 Å². The van der Waals surface area contributed by atoms with E-state index in [1.165, 1.54) is 44.1 Å². The molecule has 1 heterocycles. The molecule has 1 N–H and O–H groups in total. The predicted molar refractivity (Wildman–Crippen MR) is 119 cm³/mol. The van der Waals surface area contributed by atoms with Crippen LogP contribution in [0.4, 0.5) is 0 Å². The molecule has 5 rings (SSSR count). The monoisotopic (exact) mass is 414 g/mol. The number of hydrogen-bond donors (Lipinski definition) is 1. The molecule has 0 amide bonds. The highest BCUT2D eigenvalue weighted by Gasteiger charge is 2.61. The van der Waals surface area contributed by atoms with Crippen molar-refractivity contribution in [3.63, 3.8) is 0 Å². The highest BCUT2D eigenvalue weighted by Crippen LogP contribution is 2.67. The molecule has 3 heteroatoms. The van der Waals surface area contributed by atoms with Crippen molar-refractivity contribution < 1.29 is 14.6 Å². The first kappa shape index (κ1) is 21.2. The van der Waals surface area contributed by atoms with Gasteiger partial charge in [-0.05, 0) is 112 Å². The summed E-state index contributed by atoms with van der Waals surface area (Å²) in [6.45, 7) is 11.9. The Balaban J connectivity index is 1.34. The summed E-state index contributed by atoms with van der Waals surface area (Å²) in [5, 5.41) is 11.3. The van der Waals surface area contributed by atoms with Crippen molar-refractivity contribution in [2.24, 2.45) is 40.4 Å². The van der Waals surface area contributed by atoms with E-state index >= 15 is 0 Å². The average Bonchev–Trinajstić information content (AvgIpc) is 3.13. The predicted octanol–water partition coefficient (Wildman–Crippen LogP) is 5.70. The summed E-state index contributed by atoms with van der Waals surface area (Å²) in [7, 11) is 0. The lowest BCUT2D eigenvalue weighted by Crippen LogP contribution is -2.55. The van der Waals surface area contributed by atoms with Crippen LogP contribution in [0.15, 0.2) is 11.6 Å². The molecule has 0 aromatic rings. The Morgan fingerprint density at radius 2 is 1.87 bits per heavy atom. The fourth-order valence-corrected chi connectivity index (χ4v) is 8.86. The van der Waals surface area contributed by atoms with Crippen LogP contribution in [0.1, 0.15) is 92.4 Å². The molecule has 0 aromatic carbocycles. The number of aliphatic hydroxyl groups excluding tert-OH is 1. The van der Waals surface area contributed by atoms with Crippen LogP contribution >= 0.6 is 0 Å². The van der Waals surface area contributed by atoms with E-state index in [0.717, 1.165) is 24.7 Å². The zero-order valence-electron chi connectivity index (χ0n) is 19.7. The van der Waals surface area contributed by atoms with Crippen molar-refractivity contribution in [3.8, 4) is 0 Å². The number of rotatable bonds is 4. The van der Waals surface area contributed by atoms with E-state index in [2.05, 4.69) is 34.6 Å². The molecule has 0 radical (unpaired) electrons. The molecule has 0 bridgehead atoms. The van der Waals surface area contributed by atoms with Crippen molar-refractivity contribution in [2.45, 2.75) is 110 Å². The maximum absolute atomic E-state index is 12.1. The van der Waals surface area contributed by atoms with Crippen molar-refractivity contribution in [2.75, 3.05) is 0 Å². The standard InChI is InChI=1S/C27H42O3/c1-16(6-9-23-25(2,3)30-23)19-7-8-20-24-21(11-13-27(19,20)5)26(4)12-10-18(28)14-17(26)15-22(24)29/h14,16,19-24,29H,6-13,15H2,1-5H3/t16-,19?,20+,21+,22?,23?,24?,26?,27?/m1/s1. The Bertz CT molecular complexity index is 753. The normalized spacial score (nSPS) is 50.2. The SMILES string of the molecule is C[C@H](CCC1OC1(C)C)C1CC[C@H]2C3C(O)CC4=CC(=O)CCC4(C)[C@H]3CCC12C. The summed E-state index contributed by atoms with van der Waals surface area (Å²) >= 11 is 0. The number of carbonyl (C=O) groups is 1. The minimum atomic E-state index is -0.264. The topological polar surface area (TPSA) is 49.8 Å². The summed E-state index contributed by atoms with van der Waals surface area (Å²) < 4.78 is 5.84. The first-order valence-corrected chi connectivity index (χ1v) is 12.7. The Labute approximate surface area is 183 Å². The first-order valence-electron chi connectivity index (χ1n) is 12.7. The molecule has 4 aliphatic carbocycles. The largest absolute Gasteiger partial charge is 0.392 e. The molecule has 1 aliphatic heterocycles. The lowest BCUT2D eigenvalue weighted by Gasteiger charge is -2.59. The van der Waals surface area contributed by atoms with E-state index in [0.29, 0.717) is 35.7 Å². The smallest absolute Gasteiger partial charge is 0.155 e. The van der Waals surface area contributed by atoms with Crippen LogP contribution in [-0.4, -0.2) is 28.7 Å². The number of epoxide rings is 1. The van der Waals surface area contributed by atoms with Gasteiger partial charge in [0.1, 0.15) is 0 Å². The lowest BCUT2D eigenvalue weighted by atomic mass is 9.45. The first-order chi connectivity index (χ1) is 14.1. The zero-order valence-corrected chi connectivity index (χ0v) is 19.7. The van der Waals surface area contributed by atoms with E-state index in [9.17, 15) is 9.90 Å². The maximum atomic E-state index is 12.1. The summed E-state index contributed by atoms with van der Waals surface area (Å²) in [6.07, 6.45) is 12.1. The third-order valence-electron chi connectivity index (χ3n) is 10.8. The number of hydrogen-bond acceptors (Lipinski definition) is 3. The number of aliphatic hydroxyl groups is 1. The Hall–Kier alpha value is -0.670. The fraction of sp³-hybridized carbons (Fsp3) is 0.889. The van der Waals surface area contributed by atoms with Gasteiger partial charge in [-0.25, -0.2) is 0 Å². The van der Waals surface area contributed by atoms with Gasteiger partial charge in [0.2, 0.25) is 0 Å². The third kappa shape index (κ3) is 3.09. The van der Waals surface area contributed by atoms with Crippen LogP contribution in [0.5, 0.6) is 0 Å². The molecule has 4 fully saturated rings. The molecular weight excluding hydrogens is 372 g/mol. The van der Waals surface area contributed by atoms with E-state index < -0.39 is 0 Å². The number of ketones is 1. The van der Waals surface area contributed by atoms with Crippen LogP contribution in [0, 0.1) is 40.4 Å². The summed E-state index contributed by atoms with van der Waals surface area (Å²) in [6, 6.07) is 0. The van der Waals surface area contributed by atoms with E-state index in [4.69, 9.17) is 4.74 Å². The summed E-state index contributed by atoms with van der Waals surface area (Å²) in [4.78, 5) is 12.1. The Morgan fingerprint density at radius 1 is 1.13 bits per heavy atom. The molecule has 0 spiro atoms. The quantitative estimate of drug-likeness (QED) is 0.600. The van der Waals surface area contributed by atoms with Crippen LogP contribution in [0.3, 0.4) is 0 Å². The van der Waals surface area contributed by atoms with Crippen molar-refractivity contribution in [1.29, 1.82) is 0 Å². The van der Waals surface area contributed by atoms with Crippen LogP contribution in [0.2, 0.25) is 0 Å². The number of carbonyl (C=O) groups excluding carboxylic acids is 1. The number of fused-ring (bicyclic) bond motifs is 5. The molecular formula is C27H42O3. The lowest BCUT2D eigenvalue weighted by molar-refractivity contribution is -0.124. The molecule has 0 aromatic heterocycles. The highest BCUT2D eigenvalue weighted by molar-refractivity contribution is 5.91. The Morgan fingerprint density at radius 3 is 2.57 bits per heavy atom. The average molecular weight is 415 g/mol. The van der Waals surface area contributed by atoms with Gasteiger partial charge in [0, 0.05) is 6.42 Å². The van der Waals surface area contributed by atoms with Crippen LogP contribution in [0.25, 0.3) is 0 Å². The second-order valence-electron chi connectivity index (χ2n) is 12.6. The van der Waals surface area contributed by atoms with Crippen molar-refractivity contribution >= 4 is 5.78 Å². The van der Waals surface area contributed by atoms with Gasteiger partial charge in [-0.1, -0.05) is 26.3 Å². The molecule has 1 saturated heterocycles. The fourth-order valence-electron chi connectivity index (χ4n) is 8.86. The van der Waals surface area contributed by atoms with Crippen LogP contribution < -0.4 is 0 Å². The third-order valence-corrected chi connectivity index (χ3v) is 10.8.